The van der Waals surface area contributed by atoms with E-state index in [2.05, 4.69) is 10.3 Å². The summed E-state index contributed by atoms with van der Waals surface area (Å²) in [4.78, 5) is 18.0. The Kier molecular flexibility index (Phi) is 5.59. The molecule has 0 spiro atoms. The Morgan fingerprint density at radius 3 is 2.35 bits per heavy atom. The minimum Gasteiger partial charge on any atom is -0.368 e. The van der Waals surface area contributed by atoms with Gasteiger partial charge in [0.1, 0.15) is 12.2 Å². The third-order valence-electron chi connectivity index (χ3n) is 6.81. The molecule has 3 saturated heterocycles. The Balaban J connectivity index is 1.33. The zero-order valence-electron chi connectivity index (χ0n) is 18.2. The van der Waals surface area contributed by atoms with Gasteiger partial charge in [0.05, 0.1) is 28.2 Å². The summed E-state index contributed by atoms with van der Waals surface area (Å²) in [7, 11) is 0. The molecule has 0 saturated carbocycles. The molecule has 1 aromatic heterocycles. The standard InChI is InChI=1S/C26H22Cl2N2O4/c1-13-11-15(9-10-29-13)19-20(25(31)30-16-7-8-17(27)18(28)12-16)22-24-23(21(19)32-22)33-26(34-24)14-5-3-2-4-6-14/h2-12,19-24,26H,1H3,(H,30,31)/t19-,20-,21-,22+,23?,24?,26?/m1/s1. The summed E-state index contributed by atoms with van der Waals surface area (Å²) in [5.41, 5.74) is 3.41. The maximum absolute atomic E-state index is 13.6. The monoisotopic (exact) mass is 496 g/mol. The van der Waals surface area contributed by atoms with Crippen molar-refractivity contribution in [2.45, 2.75) is 43.5 Å². The van der Waals surface area contributed by atoms with Crippen LogP contribution in [0.4, 0.5) is 5.69 Å². The predicted octanol–water partition coefficient (Wildman–Crippen LogP) is 5.30. The lowest BCUT2D eigenvalue weighted by molar-refractivity contribution is -0.129. The van der Waals surface area contributed by atoms with E-state index >= 15 is 0 Å². The lowest BCUT2D eigenvalue weighted by Gasteiger charge is -2.32. The number of ether oxygens (including phenoxy) is 3. The minimum atomic E-state index is -0.484. The molecule has 1 N–H and O–H groups in total. The van der Waals surface area contributed by atoms with Gasteiger partial charge in [-0.15, -0.1) is 0 Å². The molecule has 3 fully saturated rings. The number of pyridine rings is 1. The molecule has 3 unspecified atom stereocenters. The van der Waals surface area contributed by atoms with Crippen LogP contribution in [0.5, 0.6) is 0 Å². The molecule has 3 aliphatic rings. The second kappa shape index (κ2) is 8.63. The molecular formula is C26H22Cl2N2O4. The van der Waals surface area contributed by atoms with Crippen molar-refractivity contribution in [2.75, 3.05) is 5.32 Å². The SMILES string of the molecule is Cc1cc([C@@H]2[C@@H](C(=O)Nc3ccc(Cl)c(Cl)c3)[C@@H]3O[C@H]2C2OC(c4ccccc4)OC23)ccn1. The van der Waals surface area contributed by atoms with Crippen LogP contribution in [-0.4, -0.2) is 35.3 Å². The van der Waals surface area contributed by atoms with Crippen molar-refractivity contribution in [2.24, 2.45) is 5.92 Å². The van der Waals surface area contributed by atoms with Crippen molar-refractivity contribution in [3.05, 3.63) is 93.7 Å². The Hall–Kier alpha value is -2.48. The van der Waals surface area contributed by atoms with Gasteiger partial charge >= 0.3 is 0 Å². The number of aryl methyl sites for hydroxylation is 1. The van der Waals surface area contributed by atoms with E-state index in [1.165, 1.54) is 0 Å². The summed E-state index contributed by atoms with van der Waals surface area (Å²) >= 11 is 12.2. The molecule has 6 rings (SSSR count). The molecule has 0 aliphatic carbocycles. The molecule has 0 radical (unpaired) electrons. The fourth-order valence-electron chi connectivity index (χ4n) is 5.38. The Bertz CT molecular complexity index is 1240. The number of nitrogens with zero attached hydrogens (tertiary/aromatic N) is 1. The van der Waals surface area contributed by atoms with E-state index in [-0.39, 0.29) is 30.1 Å². The van der Waals surface area contributed by atoms with E-state index in [0.717, 1.165) is 16.8 Å². The van der Waals surface area contributed by atoms with Gasteiger partial charge in [-0.3, -0.25) is 9.78 Å². The van der Waals surface area contributed by atoms with Gasteiger partial charge in [-0.2, -0.15) is 0 Å². The van der Waals surface area contributed by atoms with Crippen molar-refractivity contribution in [3.8, 4) is 0 Å². The summed E-state index contributed by atoms with van der Waals surface area (Å²) in [5, 5.41) is 3.81. The number of rotatable bonds is 4. The number of hydrogen-bond acceptors (Lipinski definition) is 5. The van der Waals surface area contributed by atoms with Crippen LogP contribution in [0.1, 0.15) is 29.0 Å². The molecule has 8 heteroatoms. The van der Waals surface area contributed by atoms with Gasteiger partial charge in [-0.25, -0.2) is 0 Å². The first-order chi connectivity index (χ1) is 16.5. The smallest absolute Gasteiger partial charge is 0.230 e. The van der Waals surface area contributed by atoms with Gasteiger partial charge in [-0.05, 0) is 42.8 Å². The maximum Gasteiger partial charge on any atom is 0.230 e. The highest BCUT2D eigenvalue weighted by Gasteiger charge is 2.66. The lowest BCUT2D eigenvalue weighted by atomic mass is 9.72. The number of carbonyl (C=O) groups is 1. The van der Waals surface area contributed by atoms with Crippen LogP contribution >= 0.6 is 23.2 Å². The Morgan fingerprint density at radius 1 is 0.853 bits per heavy atom. The second-order valence-corrected chi connectivity index (χ2v) is 9.72. The number of anilines is 1. The number of halogens is 2. The minimum absolute atomic E-state index is 0.157. The summed E-state index contributed by atoms with van der Waals surface area (Å²) in [6.45, 7) is 1.94. The van der Waals surface area contributed by atoms with Crippen molar-refractivity contribution in [1.29, 1.82) is 0 Å². The zero-order chi connectivity index (χ0) is 23.4. The summed E-state index contributed by atoms with van der Waals surface area (Å²) in [5.74, 6) is -0.829. The van der Waals surface area contributed by atoms with E-state index in [4.69, 9.17) is 37.4 Å². The molecule has 174 valence electrons. The van der Waals surface area contributed by atoms with E-state index in [1.54, 1.807) is 24.4 Å². The second-order valence-electron chi connectivity index (χ2n) is 8.91. The molecule has 1 amide bonds. The first kappa shape index (κ1) is 22.0. The van der Waals surface area contributed by atoms with E-state index < -0.39 is 18.3 Å². The van der Waals surface area contributed by atoms with Gasteiger partial charge < -0.3 is 19.5 Å². The van der Waals surface area contributed by atoms with Crippen LogP contribution in [0.2, 0.25) is 10.0 Å². The number of carbonyl (C=O) groups excluding carboxylic acids is 1. The fourth-order valence-corrected chi connectivity index (χ4v) is 5.67. The average Bonchev–Trinajstić information content (AvgIpc) is 3.52. The third kappa shape index (κ3) is 3.70. The summed E-state index contributed by atoms with van der Waals surface area (Å²) in [6.07, 6.45) is -0.0654. The third-order valence-corrected chi connectivity index (χ3v) is 7.55. The first-order valence-corrected chi connectivity index (χ1v) is 11.9. The molecular weight excluding hydrogens is 475 g/mol. The highest BCUT2D eigenvalue weighted by atomic mass is 35.5. The zero-order valence-corrected chi connectivity index (χ0v) is 19.7. The van der Waals surface area contributed by atoms with Gasteiger partial charge in [0.25, 0.3) is 0 Å². The number of fused-ring (bicyclic) bond motifs is 5. The first-order valence-electron chi connectivity index (χ1n) is 11.2. The number of amides is 1. The molecule has 3 aliphatic heterocycles. The molecule has 2 bridgehead atoms. The predicted molar refractivity (Wildman–Crippen MR) is 128 cm³/mol. The molecule has 4 heterocycles. The van der Waals surface area contributed by atoms with Crippen LogP contribution in [0, 0.1) is 12.8 Å². The van der Waals surface area contributed by atoms with Gasteiger partial charge in [0.2, 0.25) is 5.91 Å². The summed E-state index contributed by atoms with van der Waals surface area (Å²) in [6, 6.07) is 18.8. The van der Waals surface area contributed by atoms with Gasteiger partial charge in [-0.1, -0.05) is 53.5 Å². The van der Waals surface area contributed by atoms with E-state index in [9.17, 15) is 4.79 Å². The van der Waals surface area contributed by atoms with Gasteiger partial charge in [0.15, 0.2) is 6.29 Å². The van der Waals surface area contributed by atoms with Crippen LogP contribution < -0.4 is 5.32 Å². The fraction of sp³-hybridized carbons (Fsp3) is 0.308. The normalized spacial score (nSPS) is 31.4. The molecule has 34 heavy (non-hydrogen) atoms. The van der Waals surface area contributed by atoms with Crippen LogP contribution in [0.25, 0.3) is 0 Å². The lowest BCUT2D eigenvalue weighted by Crippen LogP contribution is -2.48. The van der Waals surface area contributed by atoms with Crippen LogP contribution in [-0.2, 0) is 19.0 Å². The van der Waals surface area contributed by atoms with Crippen LogP contribution in [0.3, 0.4) is 0 Å². The molecule has 6 nitrogen and oxygen atoms in total. The largest absolute Gasteiger partial charge is 0.368 e. The maximum atomic E-state index is 13.6. The van der Waals surface area contributed by atoms with Crippen molar-refractivity contribution in [1.82, 2.24) is 4.98 Å². The number of benzene rings is 2. The topological polar surface area (TPSA) is 69.7 Å². The van der Waals surface area contributed by atoms with Crippen molar-refractivity contribution < 1.29 is 19.0 Å². The Labute approximate surface area is 207 Å². The quantitative estimate of drug-likeness (QED) is 0.530. The van der Waals surface area contributed by atoms with E-state index in [0.29, 0.717) is 15.7 Å². The molecule has 7 atom stereocenters. The highest BCUT2D eigenvalue weighted by Crippen LogP contribution is 2.55. The van der Waals surface area contributed by atoms with Crippen molar-refractivity contribution in [3.63, 3.8) is 0 Å². The van der Waals surface area contributed by atoms with Gasteiger partial charge in [0, 0.05) is 29.1 Å². The van der Waals surface area contributed by atoms with Crippen LogP contribution in [0.15, 0.2) is 66.9 Å². The van der Waals surface area contributed by atoms with Crippen molar-refractivity contribution >= 4 is 34.8 Å². The number of nitrogens with one attached hydrogen (secondary N) is 1. The highest BCUT2D eigenvalue weighted by molar-refractivity contribution is 6.42. The molecule has 2 aromatic carbocycles. The number of hydrogen-bond donors (Lipinski definition) is 1. The summed E-state index contributed by atoms with van der Waals surface area (Å²) < 4.78 is 19.0. The number of aromatic nitrogens is 1. The molecule has 3 aromatic rings. The average molecular weight is 497 g/mol. The Morgan fingerprint density at radius 2 is 1.62 bits per heavy atom. The van der Waals surface area contributed by atoms with E-state index in [1.807, 2.05) is 49.4 Å².